The van der Waals surface area contributed by atoms with Gasteiger partial charge in [-0.2, -0.15) is 43.9 Å². The molecule has 0 nitrogen and oxygen atoms in total. The lowest BCUT2D eigenvalue weighted by atomic mass is 9.92. The standard InChI is InChI=1S/C9H6F13/c10-3-1-2-5(13,14)7(17,18)9(21,22)8(19,20)6(15,16)4(11)12/h3-4H,1-2H2. The molecular weight excluding hydrogens is 355 g/mol. The van der Waals surface area contributed by atoms with Gasteiger partial charge in [-0.05, 0) is 6.42 Å². The highest BCUT2D eigenvalue weighted by atomic mass is 19.4. The highest BCUT2D eigenvalue weighted by Gasteiger charge is 2.87. The first kappa shape index (κ1) is 21.1. The van der Waals surface area contributed by atoms with Crippen LogP contribution in [0, 0.1) is 6.67 Å². The zero-order valence-electron chi connectivity index (χ0n) is 9.98. The summed E-state index contributed by atoms with van der Waals surface area (Å²) < 4.78 is 162. The average Bonchev–Trinajstić information content (AvgIpc) is 2.35. The van der Waals surface area contributed by atoms with Gasteiger partial charge < -0.3 is 0 Å². The molecule has 0 aliphatic rings. The molecule has 0 aromatic carbocycles. The van der Waals surface area contributed by atoms with Crippen LogP contribution < -0.4 is 0 Å². The normalized spacial score (nSPS) is 15.5. The smallest absolute Gasteiger partial charge is 0.244 e. The molecule has 0 N–H and O–H groups in total. The quantitative estimate of drug-likeness (QED) is 0.512. The van der Waals surface area contributed by atoms with Crippen molar-refractivity contribution < 1.29 is 57.1 Å². The molecule has 0 fully saturated rings. The topological polar surface area (TPSA) is 0 Å². The summed E-state index contributed by atoms with van der Waals surface area (Å²) in [5.41, 5.74) is 0. The van der Waals surface area contributed by atoms with Crippen LogP contribution in [0.2, 0.25) is 0 Å². The Labute approximate surface area is 114 Å². The van der Waals surface area contributed by atoms with Crippen LogP contribution in [0.1, 0.15) is 12.8 Å². The maximum Gasteiger partial charge on any atom is 0.384 e. The first-order valence-corrected chi connectivity index (χ1v) is 5.09. The second-order valence-corrected chi connectivity index (χ2v) is 4.04. The minimum absolute atomic E-state index is 0.700. The van der Waals surface area contributed by atoms with E-state index in [0.29, 0.717) is 0 Å². The molecule has 0 aliphatic carbocycles. The fraction of sp³-hybridized carbons (Fsp3) is 0.889. The zero-order chi connectivity index (χ0) is 18.2. The fourth-order valence-electron chi connectivity index (χ4n) is 1.17. The Morgan fingerprint density at radius 3 is 1.41 bits per heavy atom. The van der Waals surface area contributed by atoms with E-state index in [9.17, 15) is 57.1 Å². The maximum absolute atomic E-state index is 12.9. The average molecular weight is 361 g/mol. The van der Waals surface area contributed by atoms with Crippen LogP contribution in [0.4, 0.5) is 57.1 Å². The van der Waals surface area contributed by atoms with Gasteiger partial charge in [0.05, 0.1) is 0 Å². The molecule has 13 heteroatoms. The van der Waals surface area contributed by atoms with Gasteiger partial charge in [0.25, 0.3) is 0 Å². The molecule has 0 bridgehead atoms. The van der Waals surface area contributed by atoms with Crippen molar-refractivity contribution in [2.24, 2.45) is 0 Å². The molecule has 0 heterocycles. The van der Waals surface area contributed by atoms with E-state index in [1.54, 1.807) is 0 Å². The number of hydrogen-bond acceptors (Lipinski definition) is 0. The van der Waals surface area contributed by atoms with Crippen molar-refractivity contribution in [2.45, 2.75) is 48.9 Å². The monoisotopic (exact) mass is 361 g/mol. The number of hydrogen-bond donors (Lipinski definition) is 0. The van der Waals surface area contributed by atoms with E-state index >= 15 is 0 Å². The van der Waals surface area contributed by atoms with E-state index in [-0.39, 0.29) is 0 Å². The Bertz CT molecular complexity index is 372. The molecule has 0 saturated heterocycles. The molecule has 0 saturated carbocycles. The Balaban J connectivity index is 5.88. The molecule has 22 heavy (non-hydrogen) atoms. The molecule has 0 amide bonds. The highest BCUT2D eigenvalue weighted by Crippen LogP contribution is 2.58. The lowest BCUT2D eigenvalue weighted by molar-refractivity contribution is -0.413. The first-order chi connectivity index (χ1) is 9.50. The Morgan fingerprint density at radius 2 is 1.09 bits per heavy atom. The lowest BCUT2D eigenvalue weighted by Gasteiger charge is -2.39. The van der Waals surface area contributed by atoms with Crippen molar-refractivity contribution in [1.29, 1.82) is 0 Å². The van der Waals surface area contributed by atoms with Gasteiger partial charge in [0.2, 0.25) is 0 Å². The molecule has 133 valence electrons. The van der Waals surface area contributed by atoms with Crippen LogP contribution in [0.5, 0.6) is 0 Å². The minimum Gasteiger partial charge on any atom is -0.244 e. The van der Waals surface area contributed by atoms with Gasteiger partial charge in [-0.1, -0.05) is 0 Å². The van der Waals surface area contributed by atoms with E-state index in [2.05, 4.69) is 0 Å². The van der Waals surface area contributed by atoms with E-state index in [1.807, 2.05) is 0 Å². The predicted octanol–water partition coefficient (Wildman–Crippen LogP) is 5.34. The fourth-order valence-corrected chi connectivity index (χ4v) is 1.17. The van der Waals surface area contributed by atoms with Crippen LogP contribution in [0.15, 0.2) is 0 Å². The summed E-state index contributed by atoms with van der Waals surface area (Å²) in [6, 6.07) is 0. The van der Waals surface area contributed by atoms with Crippen molar-refractivity contribution in [1.82, 2.24) is 0 Å². The molecule has 0 atom stereocenters. The molecule has 0 unspecified atom stereocenters. The van der Waals surface area contributed by atoms with Crippen LogP contribution >= 0.6 is 0 Å². The predicted molar refractivity (Wildman–Crippen MR) is 45.4 cm³/mol. The van der Waals surface area contributed by atoms with E-state index in [4.69, 9.17) is 0 Å². The number of alkyl halides is 12. The Kier molecular flexibility index (Phi) is 5.70. The Morgan fingerprint density at radius 1 is 0.682 bits per heavy atom. The van der Waals surface area contributed by atoms with Gasteiger partial charge in [-0.25, -0.2) is 13.2 Å². The summed E-state index contributed by atoms with van der Waals surface area (Å²) in [4.78, 5) is 0. The van der Waals surface area contributed by atoms with E-state index < -0.39 is 55.6 Å². The summed E-state index contributed by atoms with van der Waals surface area (Å²) in [5, 5.41) is 0. The molecule has 0 aliphatic heterocycles. The second kappa shape index (κ2) is 5.95. The third-order valence-corrected chi connectivity index (χ3v) is 2.51. The van der Waals surface area contributed by atoms with Gasteiger partial charge in [-0.15, -0.1) is 0 Å². The van der Waals surface area contributed by atoms with Gasteiger partial charge in [0, 0.05) is 6.42 Å². The third kappa shape index (κ3) is 2.94. The molecule has 0 aromatic rings. The molecule has 0 rings (SSSR count). The second-order valence-electron chi connectivity index (χ2n) is 4.04. The number of halogens is 13. The van der Waals surface area contributed by atoms with Crippen molar-refractivity contribution in [3.05, 3.63) is 6.67 Å². The van der Waals surface area contributed by atoms with Gasteiger partial charge in [0.15, 0.2) is 0 Å². The molecule has 1 radical (unpaired) electrons. The van der Waals surface area contributed by atoms with Crippen molar-refractivity contribution in [2.75, 3.05) is 0 Å². The summed E-state index contributed by atoms with van der Waals surface area (Å²) in [5.74, 6) is -35.3. The largest absolute Gasteiger partial charge is 0.384 e. The lowest BCUT2D eigenvalue weighted by Crippen LogP contribution is -2.68. The van der Waals surface area contributed by atoms with Crippen LogP contribution in [0.25, 0.3) is 0 Å². The van der Waals surface area contributed by atoms with Gasteiger partial charge in [0.1, 0.15) is 6.67 Å². The Hall–Kier alpha value is -0.910. The summed E-state index contributed by atoms with van der Waals surface area (Å²) >= 11 is 0. The van der Waals surface area contributed by atoms with Gasteiger partial charge >= 0.3 is 36.0 Å². The molecule has 0 spiro atoms. The minimum atomic E-state index is -7.54. The summed E-state index contributed by atoms with van der Waals surface area (Å²) in [7, 11) is 0. The first-order valence-electron chi connectivity index (χ1n) is 5.09. The van der Waals surface area contributed by atoms with Gasteiger partial charge in [-0.3, -0.25) is 0 Å². The summed E-state index contributed by atoms with van der Waals surface area (Å²) in [6.07, 6.45) is -9.57. The van der Waals surface area contributed by atoms with Crippen LogP contribution in [-0.4, -0.2) is 36.0 Å². The third-order valence-electron chi connectivity index (χ3n) is 2.51. The summed E-state index contributed by atoms with van der Waals surface area (Å²) in [6.45, 7) is -0.700. The van der Waals surface area contributed by atoms with Crippen LogP contribution in [0.3, 0.4) is 0 Å². The highest BCUT2D eigenvalue weighted by molar-refractivity contribution is 5.09. The maximum atomic E-state index is 12.9. The van der Waals surface area contributed by atoms with E-state index in [1.165, 1.54) is 0 Å². The number of rotatable bonds is 8. The van der Waals surface area contributed by atoms with Crippen molar-refractivity contribution in [3.63, 3.8) is 0 Å². The van der Waals surface area contributed by atoms with Crippen molar-refractivity contribution >= 4 is 0 Å². The van der Waals surface area contributed by atoms with Crippen LogP contribution in [-0.2, 0) is 0 Å². The SMILES string of the molecule is F[CH]CCC(F)(F)C(F)(F)C(F)(F)C(F)(F)C(F)(F)C(F)F. The van der Waals surface area contributed by atoms with Crippen molar-refractivity contribution in [3.8, 4) is 0 Å². The van der Waals surface area contributed by atoms with E-state index in [0.717, 1.165) is 0 Å². The molecule has 0 aromatic heterocycles. The molecular formula is C9H6F13. The zero-order valence-corrected chi connectivity index (χ0v) is 9.98.